The number of fused-ring (bicyclic) bond motifs is 1. The molecule has 1 saturated heterocycles. The number of ether oxygens (including phenoxy) is 1. The van der Waals surface area contributed by atoms with Gasteiger partial charge in [0.1, 0.15) is 0 Å². The lowest BCUT2D eigenvalue weighted by molar-refractivity contribution is -0.106. The maximum atomic E-state index is 5.86. The first-order valence-corrected chi connectivity index (χ1v) is 9.66. The van der Waals surface area contributed by atoms with Crippen LogP contribution < -0.4 is 10.6 Å². The van der Waals surface area contributed by atoms with E-state index in [9.17, 15) is 0 Å². The number of rotatable bonds is 7. The molecule has 5 heteroatoms. The summed E-state index contributed by atoms with van der Waals surface area (Å²) in [6.07, 6.45) is 6.18. The summed E-state index contributed by atoms with van der Waals surface area (Å²) < 4.78 is 5.86. The highest BCUT2D eigenvalue weighted by Gasteiger charge is 2.59. The van der Waals surface area contributed by atoms with Crippen LogP contribution in [0.5, 0.6) is 0 Å². The predicted octanol–water partition coefficient (Wildman–Crippen LogP) is 2.50. The number of aliphatic imine (C=N–C) groups is 1. The number of hydrogen-bond donors (Lipinski definition) is 2. The van der Waals surface area contributed by atoms with E-state index in [1.807, 2.05) is 11.8 Å². The highest BCUT2D eigenvalue weighted by atomic mass is 32.2. The maximum Gasteiger partial charge on any atom is 0.191 e. The van der Waals surface area contributed by atoms with Gasteiger partial charge in [0, 0.05) is 37.1 Å². The monoisotopic (exact) mass is 313 g/mol. The van der Waals surface area contributed by atoms with Crippen LogP contribution >= 0.6 is 11.8 Å². The number of nitrogens with zero attached hydrogens (tertiary/aromatic N) is 1. The largest absolute Gasteiger partial charge is 0.377 e. The summed E-state index contributed by atoms with van der Waals surface area (Å²) in [4.78, 5) is 4.73. The lowest BCUT2D eigenvalue weighted by atomic mass is 9.57. The first kappa shape index (κ1) is 16.9. The van der Waals surface area contributed by atoms with Gasteiger partial charge in [-0.25, -0.2) is 0 Å². The van der Waals surface area contributed by atoms with Crippen LogP contribution in [0, 0.1) is 11.3 Å². The van der Waals surface area contributed by atoms with Crippen LogP contribution in [0.2, 0.25) is 0 Å². The lowest BCUT2D eigenvalue weighted by Crippen LogP contribution is -2.67. The van der Waals surface area contributed by atoms with Gasteiger partial charge in [0.15, 0.2) is 5.96 Å². The first-order valence-electron chi connectivity index (χ1n) is 8.26. The van der Waals surface area contributed by atoms with Crippen LogP contribution in [0.15, 0.2) is 4.99 Å². The van der Waals surface area contributed by atoms with E-state index in [1.165, 1.54) is 25.0 Å². The van der Waals surface area contributed by atoms with Gasteiger partial charge in [0.2, 0.25) is 0 Å². The quantitative estimate of drug-likeness (QED) is 0.431. The molecule has 3 atom stereocenters. The summed E-state index contributed by atoms with van der Waals surface area (Å²) >= 11 is 1.91. The smallest absolute Gasteiger partial charge is 0.191 e. The Morgan fingerprint density at radius 3 is 2.90 bits per heavy atom. The highest BCUT2D eigenvalue weighted by Crippen LogP contribution is 2.52. The molecule has 2 N–H and O–H groups in total. The topological polar surface area (TPSA) is 45.7 Å². The fourth-order valence-corrected chi connectivity index (χ4v) is 4.13. The van der Waals surface area contributed by atoms with Crippen molar-refractivity contribution >= 4 is 17.7 Å². The molecule has 0 aromatic carbocycles. The fourth-order valence-electron chi connectivity index (χ4n) is 3.63. The first-order chi connectivity index (χ1) is 10.1. The molecule has 0 aromatic rings. The van der Waals surface area contributed by atoms with Crippen LogP contribution in [0.4, 0.5) is 0 Å². The minimum absolute atomic E-state index is 0.205. The van der Waals surface area contributed by atoms with E-state index < -0.39 is 0 Å². The van der Waals surface area contributed by atoms with E-state index >= 15 is 0 Å². The van der Waals surface area contributed by atoms with Crippen molar-refractivity contribution in [2.45, 2.75) is 52.2 Å². The van der Waals surface area contributed by atoms with E-state index in [0.717, 1.165) is 25.7 Å². The van der Waals surface area contributed by atoms with E-state index in [0.29, 0.717) is 18.1 Å². The Kier molecular flexibility index (Phi) is 6.23. The maximum absolute atomic E-state index is 5.86. The predicted molar refractivity (Wildman–Crippen MR) is 92.1 cm³/mol. The van der Waals surface area contributed by atoms with Gasteiger partial charge in [-0.2, -0.15) is 11.8 Å². The van der Waals surface area contributed by atoms with Gasteiger partial charge in [-0.3, -0.25) is 4.99 Å². The van der Waals surface area contributed by atoms with Crippen molar-refractivity contribution in [1.29, 1.82) is 0 Å². The third-order valence-corrected chi connectivity index (χ3v) is 5.46. The van der Waals surface area contributed by atoms with Crippen molar-refractivity contribution in [3.05, 3.63) is 0 Å². The van der Waals surface area contributed by atoms with Gasteiger partial charge in [0.05, 0.1) is 6.10 Å². The van der Waals surface area contributed by atoms with Crippen molar-refractivity contribution in [1.82, 2.24) is 10.6 Å². The van der Waals surface area contributed by atoms with Crippen molar-refractivity contribution in [3.8, 4) is 0 Å². The van der Waals surface area contributed by atoms with Crippen molar-refractivity contribution in [2.75, 3.05) is 31.7 Å². The molecule has 2 rings (SSSR count). The van der Waals surface area contributed by atoms with Crippen LogP contribution in [0.1, 0.15) is 40.0 Å². The summed E-state index contributed by atoms with van der Waals surface area (Å²) in [5.74, 6) is 2.86. The zero-order valence-electron chi connectivity index (χ0n) is 13.9. The number of nitrogens with one attached hydrogen (secondary N) is 2. The Balaban J connectivity index is 1.85. The molecule has 0 spiro atoms. The fraction of sp³-hybridized carbons (Fsp3) is 0.938. The summed E-state index contributed by atoms with van der Waals surface area (Å²) in [5.41, 5.74) is 0.205. The molecule has 2 fully saturated rings. The van der Waals surface area contributed by atoms with Crippen molar-refractivity contribution < 1.29 is 4.74 Å². The average molecular weight is 314 g/mol. The van der Waals surface area contributed by atoms with Crippen LogP contribution in [-0.2, 0) is 4.74 Å². The second-order valence-corrected chi connectivity index (χ2v) is 7.63. The number of guanidine groups is 1. The molecule has 1 saturated carbocycles. The van der Waals surface area contributed by atoms with Gasteiger partial charge < -0.3 is 15.4 Å². The van der Waals surface area contributed by atoms with Gasteiger partial charge in [-0.15, -0.1) is 0 Å². The number of unbranched alkanes of at least 4 members (excludes halogenated alkanes) is 1. The highest BCUT2D eigenvalue weighted by molar-refractivity contribution is 7.98. The lowest BCUT2D eigenvalue weighted by Gasteiger charge is -2.54. The van der Waals surface area contributed by atoms with Gasteiger partial charge in [-0.1, -0.05) is 13.8 Å². The number of hydrogen-bond acceptors (Lipinski definition) is 3. The SMILES string of the molecule is CCNC(=NCCCCSC)NC1C2CCOC2C1(C)C. The minimum Gasteiger partial charge on any atom is -0.377 e. The molecule has 3 unspecified atom stereocenters. The zero-order chi connectivity index (χ0) is 15.3. The third-order valence-electron chi connectivity index (χ3n) is 4.76. The summed E-state index contributed by atoms with van der Waals surface area (Å²) in [6, 6.07) is 0.481. The molecule has 122 valence electrons. The summed E-state index contributed by atoms with van der Waals surface area (Å²) in [5, 5.41) is 7.04. The second kappa shape index (κ2) is 7.73. The second-order valence-electron chi connectivity index (χ2n) is 6.65. The Hall–Kier alpha value is -0.420. The van der Waals surface area contributed by atoms with Crippen LogP contribution in [-0.4, -0.2) is 49.8 Å². The molecule has 21 heavy (non-hydrogen) atoms. The molecule has 0 bridgehead atoms. The Bertz CT molecular complexity index is 359. The molecule has 2 aliphatic rings. The van der Waals surface area contributed by atoms with Gasteiger partial charge in [-0.05, 0) is 38.2 Å². The standard InChI is InChI=1S/C16H31N3OS/c1-5-17-15(18-9-6-7-11-21-4)19-13-12-8-10-20-14(12)16(13,2)3/h12-14H,5-11H2,1-4H3,(H2,17,18,19). The molecule has 0 radical (unpaired) electrons. The Labute approximate surface area is 133 Å². The van der Waals surface area contributed by atoms with Crippen molar-refractivity contribution in [3.63, 3.8) is 0 Å². The molecule has 0 aromatic heterocycles. The molecule has 0 amide bonds. The normalized spacial score (nSPS) is 30.7. The van der Waals surface area contributed by atoms with E-state index in [2.05, 4.69) is 37.7 Å². The van der Waals surface area contributed by atoms with Crippen LogP contribution in [0.25, 0.3) is 0 Å². The third kappa shape index (κ3) is 3.86. The van der Waals surface area contributed by atoms with E-state index in [4.69, 9.17) is 9.73 Å². The van der Waals surface area contributed by atoms with E-state index in [-0.39, 0.29) is 5.41 Å². The Morgan fingerprint density at radius 1 is 1.38 bits per heavy atom. The molecule has 4 nitrogen and oxygen atoms in total. The van der Waals surface area contributed by atoms with E-state index in [1.54, 1.807) is 0 Å². The summed E-state index contributed by atoms with van der Waals surface area (Å²) in [7, 11) is 0. The molecule has 1 heterocycles. The van der Waals surface area contributed by atoms with Crippen molar-refractivity contribution in [2.24, 2.45) is 16.3 Å². The number of thioether (sulfide) groups is 1. The minimum atomic E-state index is 0.205. The Morgan fingerprint density at radius 2 is 2.19 bits per heavy atom. The van der Waals surface area contributed by atoms with Crippen LogP contribution in [0.3, 0.4) is 0 Å². The molecule has 1 aliphatic heterocycles. The zero-order valence-corrected chi connectivity index (χ0v) is 14.8. The average Bonchev–Trinajstić information content (AvgIpc) is 2.91. The van der Waals surface area contributed by atoms with Gasteiger partial charge >= 0.3 is 0 Å². The molecule has 1 aliphatic carbocycles. The summed E-state index contributed by atoms with van der Waals surface area (Å²) in [6.45, 7) is 9.47. The van der Waals surface area contributed by atoms with Gasteiger partial charge in [0.25, 0.3) is 0 Å². The molecular weight excluding hydrogens is 282 g/mol. The molecular formula is C16H31N3OS.